The van der Waals surface area contributed by atoms with Gasteiger partial charge in [0.1, 0.15) is 0 Å². The molecule has 0 saturated carbocycles. The number of anilines is 1. The van der Waals surface area contributed by atoms with Crippen LogP contribution in [0.5, 0.6) is 0 Å². The summed E-state index contributed by atoms with van der Waals surface area (Å²) in [5, 5.41) is 0. The number of hydrogen-bond donors (Lipinski definition) is 2. The molecule has 0 unspecified atom stereocenters. The smallest absolute Gasteiger partial charge is 0.298 e. The molecule has 2 rings (SSSR count). The van der Waals surface area contributed by atoms with Crippen LogP contribution < -0.4 is 10.9 Å². The van der Waals surface area contributed by atoms with E-state index < -0.39 is 17.6 Å². The Morgan fingerprint density at radius 3 is 2.48 bits per heavy atom. The number of carbonyl (C=O) groups excluding carboxylic acids is 1. The van der Waals surface area contributed by atoms with Crippen molar-refractivity contribution in [3.63, 3.8) is 0 Å². The number of pyridine rings is 1. The molecule has 1 aromatic heterocycles. The second-order valence-electron chi connectivity index (χ2n) is 4.31. The largest absolute Gasteiger partial charge is 0.418 e. The quantitative estimate of drug-likeness (QED) is 0.855. The lowest BCUT2D eigenvalue weighted by Gasteiger charge is -2.14. The summed E-state index contributed by atoms with van der Waals surface area (Å²) in [5.41, 5.74) is 4.41. The maximum atomic E-state index is 12.8. The molecule has 1 amide bonds. The third-order valence-electron chi connectivity index (χ3n) is 2.72. The molecule has 0 atom stereocenters. The van der Waals surface area contributed by atoms with Crippen molar-refractivity contribution in [3.8, 4) is 0 Å². The molecule has 2 aromatic rings. The van der Waals surface area contributed by atoms with E-state index in [0.717, 1.165) is 11.8 Å². The summed E-state index contributed by atoms with van der Waals surface area (Å²) in [5.74, 6) is -0.570. The van der Waals surface area contributed by atoms with Crippen molar-refractivity contribution in [2.45, 2.75) is 13.1 Å². The molecular weight excluding hydrogens is 283 g/mol. The van der Waals surface area contributed by atoms with Crippen LogP contribution in [0.2, 0.25) is 0 Å². The Hall–Kier alpha value is -2.57. The van der Waals surface area contributed by atoms with Crippen LogP contribution in [0.1, 0.15) is 21.6 Å². The van der Waals surface area contributed by atoms with Crippen molar-refractivity contribution < 1.29 is 18.0 Å². The van der Waals surface area contributed by atoms with E-state index in [1.54, 1.807) is 13.0 Å². The zero-order chi connectivity index (χ0) is 15.5. The Morgan fingerprint density at radius 2 is 1.86 bits per heavy atom. The van der Waals surface area contributed by atoms with Crippen molar-refractivity contribution in [1.29, 1.82) is 0 Å². The molecule has 110 valence electrons. The van der Waals surface area contributed by atoms with Crippen molar-refractivity contribution in [2.75, 3.05) is 5.43 Å². The minimum Gasteiger partial charge on any atom is -0.298 e. The number of nitrogens with one attached hydrogen (secondary N) is 2. The SMILES string of the molecule is Cc1ccc(C(=O)NNc2ccccc2C(F)(F)F)cn1. The molecule has 1 aromatic carbocycles. The number of rotatable bonds is 3. The Balaban J connectivity index is 2.10. The van der Waals surface area contributed by atoms with E-state index in [9.17, 15) is 18.0 Å². The number of hydrogen-bond acceptors (Lipinski definition) is 3. The second kappa shape index (κ2) is 5.82. The second-order valence-corrected chi connectivity index (χ2v) is 4.31. The number of halogens is 3. The lowest BCUT2D eigenvalue weighted by atomic mass is 10.2. The Labute approximate surface area is 119 Å². The van der Waals surface area contributed by atoms with Crippen LogP contribution in [0.4, 0.5) is 18.9 Å². The van der Waals surface area contributed by atoms with Crippen molar-refractivity contribution in [2.24, 2.45) is 0 Å². The van der Waals surface area contributed by atoms with Crippen LogP contribution in [-0.2, 0) is 6.18 Å². The lowest BCUT2D eigenvalue weighted by molar-refractivity contribution is -0.137. The highest BCUT2D eigenvalue weighted by Gasteiger charge is 2.33. The fraction of sp³-hybridized carbons (Fsp3) is 0.143. The van der Waals surface area contributed by atoms with Crippen molar-refractivity contribution in [3.05, 3.63) is 59.4 Å². The average molecular weight is 295 g/mol. The Morgan fingerprint density at radius 1 is 1.14 bits per heavy atom. The number of benzene rings is 1. The molecule has 1 heterocycles. The van der Waals surface area contributed by atoms with E-state index in [-0.39, 0.29) is 11.3 Å². The van der Waals surface area contributed by atoms with Crippen LogP contribution in [0.3, 0.4) is 0 Å². The molecule has 0 bridgehead atoms. The summed E-state index contributed by atoms with van der Waals surface area (Å²) < 4.78 is 38.3. The van der Waals surface area contributed by atoms with Gasteiger partial charge in [-0.3, -0.25) is 20.6 Å². The summed E-state index contributed by atoms with van der Waals surface area (Å²) in [6.45, 7) is 1.76. The van der Waals surface area contributed by atoms with Gasteiger partial charge in [0.05, 0.1) is 16.8 Å². The Bertz CT molecular complexity index is 639. The summed E-state index contributed by atoms with van der Waals surface area (Å²) in [6, 6.07) is 8.06. The standard InChI is InChI=1S/C14H12F3N3O/c1-9-6-7-10(8-18-9)13(21)20-19-12-5-3-2-4-11(12)14(15,16)17/h2-8,19H,1H3,(H,20,21). The fourth-order valence-electron chi connectivity index (χ4n) is 1.64. The molecule has 0 spiro atoms. The number of alkyl halides is 3. The number of amides is 1. The molecule has 4 nitrogen and oxygen atoms in total. The van der Waals surface area contributed by atoms with Crippen LogP contribution in [0.15, 0.2) is 42.6 Å². The predicted molar refractivity (Wildman–Crippen MR) is 71.5 cm³/mol. The average Bonchev–Trinajstić information content (AvgIpc) is 2.45. The van der Waals surface area contributed by atoms with E-state index in [1.807, 2.05) is 0 Å². The van der Waals surface area contributed by atoms with Gasteiger partial charge in [-0.1, -0.05) is 12.1 Å². The third-order valence-corrected chi connectivity index (χ3v) is 2.72. The van der Waals surface area contributed by atoms with Gasteiger partial charge in [-0.15, -0.1) is 0 Å². The van der Waals surface area contributed by atoms with Crippen LogP contribution >= 0.6 is 0 Å². The first-order chi connectivity index (χ1) is 9.88. The van der Waals surface area contributed by atoms with E-state index in [1.165, 1.54) is 30.5 Å². The first kappa shape index (κ1) is 14.8. The number of aromatic nitrogens is 1. The first-order valence-electron chi connectivity index (χ1n) is 6.03. The van der Waals surface area contributed by atoms with Gasteiger partial charge in [0.25, 0.3) is 5.91 Å². The summed E-state index contributed by atoms with van der Waals surface area (Å²) >= 11 is 0. The lowest BCUT2D eigenvalue weighted by Crippen LogP contribution is -2.30. The molecule has 0 aliphatic heterocycles. The highest BCUT2D eigenvalue weighted by Crippen LogP contribution is 2.34. The van der Waals surface area contributed by atoms with Gasteiger partial charge in [-0.25, -0.2) is 0 Å². The van der Waals surface area contributed by atoms with Gasteiger partial charge >= 0.3 is 6.18 Å². The zero-order valence-corrected chi connectivity index (χ0v) is 11.0. The normalized spacial score (nSPS) is 11.0. The molecular formula is C14H12F3N3O. The highest BCUT2D eigenvalue weighted by atomic mass is 19.4. The summed E-state index contributed by atoms with van der Waals surface area (Å²) in [4.78, 5) is 15.7. The van der Waals surface area contributed by atoms with Crippen molar-refractivity contribution >= 4 is 11.6 Å². The van der Waals surface area contributed by atoms with Gasteiger partial charge in [0.15, 0.2) is 0 Å². The minimum atomic E-state index is -4.50. The molecule has 2 N–H and O–H groups in total. The molecule has 0 saturated heterocycles. The van der Waals surface area contributed by atoms with Gasteiger partial charge in [-0.05, 0) is 31.2 Å². The predicted octanol–water partition coefficient (Wildman–Crippen LogP) is 3.17. The van der Waals surface area contributed by atoms with Crippen LogP contribution in [0, 0.1) is 6.92 Å². The van der Waals surface area contributed by atoms with E-state index in [2.05, 4.69) is 15.8 Å². The third kappa shape index (κ3) is 3.71. The van der Waals surface area contributed by atoms with Gasteiger partial charge < -0.3 is 0 Å². The zero-order valence-electron chi connectivity index (χ0n) is 11.0. The van der Waals surface area contributed by atoms with Crippen LogP contribution in [0.25, 0.3) is 0 Å². The molecule has 7 heteroatoms. The number of carbonyl (C=O) groups is 1. The number of para-hydroxylation sites is 1. The topological polar surface area (TPSA) is 54.0 Å². The minimum absolute atomic E-state index is 0.224. The highest BCUT2D eigenvalue weighted by molar-refractivity contribution is 5.94. The first-order valence-corrected chi connectivity index (χ1v) is 6.03. The van der Waals surface area contributed by atoms with Crippen LogP contribution in [-0.4, -0.2) is 10.9 Å². The number of nitrogens with zero attached hydrogens (tertiary/aromatic N) is 1. The van der Waals surface area contributed by atoms with Gasteiger partial charge in [0, 0.05) is 11.9 Å². The van der Waals surface area contributed by atoms with E-state index in [0.29, 0.717) is 0 Å². The van der Waals surface area contributed by atoms with Gasteiger partial charge in [0.2, 0.25) is 0 Å². The van der Waals surface area contributed by atoms with E-state index >= 15 is 0 Å². The molecule has 21 heavy (non-hydrogen) atoms. The summed E-state index contributed by atoms with van der Waals surface area (Å²) in [7, 11) is 0. The monoisotopic (exact) mass is 295 g/mol. The summed E-state index contributed by atoms with van der Waals surface area (Å²) in [6.07, 6.45) is -3.15. The Kier molecular flexibility index (Phi) is 4.11. The maximum Gasteiger partial charge on any atom is 0.418 e. The number of aryl methyl sites for hydroxylation is 1. The van der Waals surface area contributed by atoms with Crippen molar-refractivity contribution in [1.82, 2.24) is 10.4 Å². The fourth-order valence-corrected chi connectivity index (χ4v) is 1.64. The maximum absolute atomic E-state index is 12.8. The molecule has 0 aliphatic rings. The molecule has 0 aliphatic carbocycles. The molecule has 0 radical (unpaired) electrons. The van der Waals surface area contributed by atoms with E-state index in [4.69, 9.17) is 0 Å². The number of hydrazine groups is 1. The van der Waals surface area contributed by atoms with Gasteiger partial charge in [-0.2, -0.15) is 13.2 Å². The molecule has 0 fully saturated rings.